The molecule has 3 aromatic rings. The highest BCUT2D eigenvalue weighted by molar-refractivity contribution is 5.89. The van der Waals surface area contributed by atoms with Crippen LogP contribution in [0, 0.1) is 5.82 Å². The molecule has 5 heteroatoms. The molecule has 0 amide bonds. The average Bonchev–Trinajstić information content (AvgIpc) is 3.14. The van der Waals surface area contributed by atoms with Crippen LogP contribution < -0.4 is 4.90 Å². The van der Waals surface area contributed by atoms with E-state index in [-0.39, 0.29) is 5.82 Å². The Morgan fingerprint density at radius 2 is 1.50 bits per heavy atom. The van der Waals surface area contributed by atoms with Crippen molar-refractivity contribution in [2.24, 2.45) is 0 Å². The van der Waals surface area contributed by atoms with Crippen molar-refractivity contribution < 1.29 is 4.39 Å². The first kappa shape index (κ1) is 19.6. The maximum absolute atomic E-state index is 13.5. The Hall–Kier alpha value is -2.37. The van der Waals surface area contributed by atoms with Crippen LogP contribution in [0.2, 0.25) is 0 Å². The van der Waals surface area contributed by atoms with E-state index in [9.17, 15) is 4.39 Å². The molecule has 4 nitrogen and oxygen atoms in total. The van der Waals surface area contributed by atoms with Crippen molar-refractivity contribution in [3.05, 3.63) is 60.0 Å². The van der Waals surface area contributed by atoms with Crippen LogP contribution in [0.4, 0.5) is 10.1 Å². The van der Waals surface area contributed by atoms with Gasteiger partial charge in [0.25, 0.3) is 0 Å². The minimum absolute atomic E-state index is 0.194. The third-order valence-corrected chi connectivity index (χ3v) is 6.69. The summed E-state index contributed by atoms with van der Waals surface area (Å²) in [6.45, 7) is 7.71. The first-order chi connectivity index (χ1) is 14.7. The average molecular weight is 407 g/mol. The topological polar surface area (TPSA) is 14.7 Å². The van der Waals surface area contributed by atoms with Gasteiger partial charge in [-0.1, -0.05) is 0 Å². The number of rotatable bonds is 4. The van der Waals surface area contributed by atoms with Gasteiger partial charge in [-0.25, -0.2) is 4.39 Å². The van der Waals surface area contributed by atoms with E-state index in [0.29, 0.717) is 0 Å². The van der Waals surface area contributed by atoms with Crippen molar-refractivity contribution in [2.45, 2.75) is 25.8 Å². The van der Waals surface area contributed by atoms with Crippen LogP contribution in [-0.2, 0) is 6.54 Å². The highest BCUT2D eigenvalue weighted by Gasteiger charge is 2.19. The number of fused-ring (bicyclic) bond motifs is 1. The van der Waals surface area contributed by atoms with Crippen LogP contribution >= 0.6 is 0 Å². The molecule has 0 saturated carbocycles. The fourth-order valence-electron chi connectivity index (χ4n) is 4.82. The highest BCUT2D eigenvalue weighted by Crippen LogP contribution is 2.31. The van der Waals surface area contributed by atoms with Gasteiger partial charge in [0.15, 0.2) is 0 Å². The number of aromatic nitrogens is 1. The van der Waals surface area contributed by atoms with E-state index in [1.54, 1.807) is 12.1 Å². The first-order valence-corrected chi connectivity index (χ1v) is 11.2. The zero-order chi connectivity index (χ0) is 20.5. The number of halogens is 1. The lowest BCUT2D eigenvalue weighted by Crippen LogP contribution is -2.43. The van der Waals surface area contributed by atoms with E-state index in [4.69, 9.17) is 0 Å². The minimum atomic E-state index is -0.194. The molecular formula is C25H31FN4. The largest absolute Gasteiger partial charge is 0.372 e. The van der Waals surface area contributed by atoms with E-state index in [0.717, 1.165) is 51.5 Å². The standard InChI is InChI=1S/C25H31FN4/c1-27-13-15-28(16-14-27)18-20-19-30(22-7-5-21(26)6-8-22)25-10-9-23(17-24(20)25)29-11-3-2-4-12-29/h5-10,17,19H,2-4,11-16,18H2,1H3. The van der Waals surface area contributed by atoms with Crippen LogP contribution in [0.15, 0.2) is 48.7 Å². The van der Waals surface area contributed by atoms with Gasteiger partial charge in [-0.15, -0.1) is 0 Å². The molecule has 2 aromatic carbocycles. The third-order valence-electron chi connectivity index (χ3n) is 6.69. The molecule has 2 saturated heterocycles. The van der Waals surface area contributed by atoms with Crippen LogP contribution in [0.5, 0.6) is 0 Å². The van der Waals surface area contributed by atoms with Crippen molar-refractivity contribution in [3.8, 4) is 5.69 Å². The zero-order valence-electron chi connectivity index (χ0n) is 17.9. The Labute approximate surface area is 178 Å². The molecule has 2 aliphatic rings. The molecule has 5 rings (SSSR count). The molecule has 30 heavy (non-hydrogen) atoms. The number of piperazine rings is 1. The predicted molar refractivity (Wildman–Crippen MR) is 122 cm³/mol. The van der Waals surface area contributed by atoms with Gasteiger partial charge in [-0.3, -0.25) is 4.90 Å². The number of nitrogens with zero attached hydrogens (tertiary/aromatic N) is 4. The van der Waals surface area contributed by atoms with Crippen LogP contribution in [-0.4, -0.2) is 60.7 Å². The lowest BCUT2D eigenvalue weighted by molar-refractivity contribution is 0.148. The summed E-state index contributed by atoms with van der Waals surface area (Å²) >= 11 is 0. The molecule has 0 unspecified atom stereocenters. The maximum Gasteiger partial charge on any atom is 0.123 e. The molecule has 1 aromatic heterocycles. The predicted octanol–water partition coefficient (Wildman–Crippen LogP) is 4.51. The van der Waals surface area contributed by atoms with Crippen LogP contribution in [0.25, 0.3) is 16.6 Å². The Kier molecular flexibility index (Phi) is 5.48. The molecule has 2 aliphatic heterocycles. The van der Waals surface area contributed by atoms with E-state index in [2.05, 4.69) is 50.7 Å². The molecule has 0 N–H and O–H groups in total. The molecule has 0 radical (unpaired) electrons. The van der Waals surface area contributed by atoms with Gasteiger partial charge in [0.2, 0.25) is 0 Å². The van der Waals surface area contributed by atoms with Crippen molar-refractivity contribution >= 4 is 16.6 Å². The second kappa shape index (κ2) is 8.40. The molecule has 0 atom stereocenters. The smallest absolute Gasteiger partial charge is 0.123 e. The lowest BCUT2D eigenvalue weighted by Gasteiger charge is -2.32. The molecular weight excluding hydrogens is 375 g/mol. The normalized spacial score (nSPS) is 18.9. The molecule has 158 valence electrons. The van der Waals surface area contributed by atoms with Crippen molar-refractivity contribution in [2.75, 3.05) is 51.2 Å². The van der Waals surface area contributed by atoms with Crippen molar-refractivity contribution in [3.63, 3.8) is 0 Å². The summed E-state index contributed by atoms with van der Waals surface area (Å²) in [6.07, 6.45) is 6.16. The van der Waals surface area contributed by atoms with E-state index >= 15 is 0 Å². The van der Waals surface area contributed by atoms with E-state index in [1.165, 1.54) is 41.4 Å². The summed E-state index contributed by atoms with van der Waals surface area (Å²) < 4.78 is 15.7. The maximum atomic E-state index is 13.5. The van der Waals surface area contributed by atoms with Crippen molar-refractivity contribution in [1.82, 2.24) is 14.4 Å². The molecule has 0 bridgehead atoms. The number of hydrogen-bond acceptors (Lipinski definition) is 3. The van der Waals surface area contributed by atoms with Gasteiger partial charge < -0.3 is 14.4 Å². The van der Waals surface area contributed by atoms with Crippen LogP contribution in [0.1, 0.15) is 24.8 Å². The molecule has 3 heterocycles. The summed E-state index contributed by atoms with van der Waals surface area (Å²) in [5, 5.41) is 1.32. The second-order valence-corrected chi connectivity index (χ2v) is 8.83. The molecule has 2 fully saturated rings. The summed E-state index contributed by atoms with van der Waals surface area (Å²) in [6, 6.07) is 13.7. The Morgan fingerprint density at radius 1 is 0.800 bits per heavy atom. The Bertz CT molecular complexity index is 996. The zero-order valence-corrected chi connectivity index (χ0v) is 17.9. The quantitative estimate of drug-likeness (QED) is 0.634. The lowest BCUT2D eigenvalue weighted by atomic mass is 10.1. The SMILES string of the molecule is CN1CCN(Cc2cn(-c3ccc(F)cc3)c3ccc(N4CCCCC4)cc23)CC1. The van der Waals surface area contributed by atoms with Crippen LogP contribution in [0.3, 0.4) is 0 Å². The van der Waals surface area contributed by atoms with Gasteiger partial charge in [-0.2, -0.15) is 0 Å². The van der Waals surface area contributed by atoms with Gasteiger partial charge in [-0.05, 0) is 74.3 Å². The molecule has 0 aliphatic carbocycles. The molecule has 0 spiro atoms. The van der Waals surface area contributed by atoms with E-state index in [1.807, 2.05) is 12.1 Å². The second-order valence-electron chi connectivity index (χ2n) is 8.83. The Balaban J connectivity index is 1.54. The van der Waals surface area contributed by atoms with Gasteiger partial charge >= 0.3 is 0 Å². The number of hydrogen-bond donors (Lipinski definition) is 0. The summed E-state index contributed by atoms with van der Waals surface area (Å²) in [7, 11) is 2.20. The van der Waals surface area contributed by atoms with Gasteiger partial charge in [0.1, 0.15) is 5.82 Å². The Morgan fingerprint density at radius 3 is 2.23 bits per heavy atom. The first-order valence-electron chi connectivity index (χ1n) is 11.2. The fourth-order valence-corrected chi connectivity index (χ4v) is 4.82. The number of benzene rings is 2. The highest BCUT2D eigenvalue weighted by atomic mass is 19.1. The van der Waals surface area contributed by atoms with Gasteiger partial charge in [0.05, 0.1) is 5.52 Å². The van der Waals surface area contributed by atoms with Crippen molar-refractivity contribution in [1.29, 1.82) is 0 Å². The van der Waals surface area contributed by atoms with E-state index < -0.39 is 0 Å². The summed E-state index contributed by atoms with van der Waals surface area (Å²) in [5.41, 5.74) is 4.90. The summed E-state index contributed by atoms with van der Waals surface area (Å²) in [4.78, 5) is 7.47. The third kappa shape index (κ3) is 3.96. The minimum Gasteiger partial charge on any atom is -0.372 e. The fraction of sp³-hybridized carbons (Fsp3) is 0.440. The number of anilines is 1. The van der Waals surface area contributed by atoms with Gasteiger partial charge in [0, 0.05) is 68.8 Å². The summed E-state index contributed by atoms with van der Waals surface area (Å²) in [5.74, 6) is -0.194. The number of likely N-dealkylation sites (N-methyl/N-ethyl adjacent to an activating group) is 1. The number of piperidine rings is 1. The monoisotopic (exact) mass is 406 g/mol.